The minimum atomic E-state index is -4.81. The van der Waals surface area contributed by atoms with E-state index < -0.39 is 12.1 Å². The molecule has 172 valence electrons. The molecule has 0 unspecified atom stereocenters. The van der Waals surface area contributed by atoms with Crippen molar-refractivity contribution in [2.75, 3.05) is 11.5 Å². The number of fused-ring (bicyclic) bond motifs is 1. The molecule has 1 aliphatic rings. The van der Waals surface area contributed by atoms with Gasteiger partial charge in [-0.15, -0.1) is 24.9 Å². The van der Waals surface area contributed by atoms with Gasteiger partial charge in [-0.05, 0) is 29.8 Å². The molecular formula is C22H18F3N3O3S2. The van der Waals surface area contributed by atoms with Crippen LogP contribution >= 0.6 is 23.5 Å². The highest BCUT2D eigenvalue weighted by atomic mass is 32.2. The molecule has 4 rings (SSSR count). The summed E-state index contributed by atoms with van der Waals surface area (Å²) in [4.78, 5) is 30.6. The highest BCUT2D eigenvalue weighted by Gasteiger charge is 2.31. The highest BCUT2D eigenvalue weighted by molar-refractivity contribution is 8.00. The molecule has 0 aliphatic carbocycles. The number of ether oxygens (including phenoxy) is 1. The van der Waals surface area contributed by atoms with Gasteiger partial charge in [-0.3, -0.25) is 14.2 Å². The summed E-state index contributed by atoms with van der Waals surface area (Å²) in [6.45, 7) is 0.377. The Labute approximate surface area is 195 Å². The molecule has 3 aromatic rings. The average molecular weight is 494 g/mol. The number of hydrogen-bond acceptors (Lipinski definition) is 6. The van der Waals surface area contributed by atoms with Crippen molar-refractivity contribution < 1.29 is 22.7 Å². The molecule has 0 spiro atoms. The molecule has 0 fully saturated rings. The van der Waals surface area contributed by atoms with Crippen LogP contribution in [0.25, 0.3) is 5.69 Å². The summed E-state index contributed by atoms with van der Waals surface area (Å²) < 4.78 is 42.6. The van der Waals surface area contributed by atoms with Gasteiger partial charge in [-0.2, -0.15) is 0 Å². The predicted molar refractivity (Wildman–Crippen MR) is 120 cm³/mol. The summed E-state index contributed by atoms with van der Waals surface area (Å²) in [5, 5.41) is 3.13. The molecule has 0 bridgehead atoms. The topological polar surface area (TPSA) is 73.2 Å². The van der Waals surface area contributed by atoms with E-state index >= 15 is 0 Å². The zero-order valence-corrected chi connectivity index (χ0v) is 18.7. The fourth-order valence-corrected chi connectivity index (χ4v) is 5.07. The van der Waals surface area contributed by atoms with Gasteiger partial charge in [0.1, 0.15) is 5.75 Å². The van der Waals surface area contributed by atoms with E-state index in [4.69, 9.17) is 0 Å². The maximum atomic E-state index is 13.1. The third-order valence-corrected chi connectivity index (χ3v) is 6.71. The molecule has 0 radical (unpaired) electrons. The number of nitrogens with zero attached hydrogens (tertiary/aromatic N) is 2. The zero-order chi connectivity index (χ0) is 23.4. The first-order chi connectivity index (χ1) is 15.8. The van der Waals surface area contributed by atoms with E-state index in [1.165, 1.54) is 28.5 Å². The first-order valence-electron chi connectivity index (χ1n) is 9.88. The van der Waals surface area contributed by atoms with Gasteiger partial charge < -0.3 is 10.1 Å². The summed E-state index contributed by atoms with van der Waals surface area (Å²) in [5.74, 6) is 0.132. The monoisotopic (exact) mass is 493 g/mol. The molecule has 1 amide bonds. The van der Waals surface area contributed by atoms with Crippen LogP contribution < -0.4 is 15.6 Å². The smallest absolute Gasteiger partial charge is 0.406 e. The summed E-state index contributed by atoms with van der Waals surface area (Å²) >= 11 is 2.49. The Kier molecular flexibility index (Phi) is 6.99. The van der Waals surface area contributed by atoms with Crippen molar-refractivity contribution in [1.82, 2.24) is 14.9 Å². The fourth-order valence-electron chi connectivity index (χ4n) is 3.19. The molecule has 0 atom stereocenters. The molecule has 2 aromatic carbocycles. The van der Waals surface area contributed by atoms with Crippen molar-refractivity contribution >= 4 is 29.4 Å². The van der Waals surface area contributed by atoms with E-state index in [2.05, 4.69) is 15.0 Å². The van der Waals surface area contributed by atoms with Gasteiger partial charge in [0.05, 0.1) is 22.0 Å². The largest absolute Gasteiger partial charge is 0.573 e. The summed E-state index contributed by atoms with van der Waals surface area (Å²) in [5.41, 5.74) is 1.66. The molecule has 0 saturated heterocycles. The van der Waals surface area contributed by atoms with Crippen LogP contribution in [-0.2, 0) is 17.8 Å². The minimum absolute atomic E-state index is 0.0282. The Morgan fingerprint density at radius 3 is 2.58 bits per heavy atom. The Balaban J connectivity index is 1.54. The SMILES string of the molecule is O=C(CSc1nc2c(c(=O)n1-c1ccc(OC(F)(F)F)cc1)SCC2)NCc1ccccc1. The maximum Gasteiger partial charge on any atom is 0.573 e. The van der Waals surface area contributed by atoms with Gasteiger partial charge >= 0.3 is 6.36 Å². The van der Waals surface area contributed by atoms with E-state index in [0.29, 0.717) is 34.4 Å². The zero-order valence-electron chi connectivity index (χ0n) is 17.1. The highest BCUT2D eigenvalue weighted by Crippen LogP contribution is 2.30. The predicted octanol–water partition coefficient (Wildman–Crippen LogP) is 4.19. The number of aryl methyl sites for hydroxylation is 1. The Morgan fingerprint density at radius 1 is 1.15 bits per heavy atom. The third-order valence-electron chi connectivity index (χ3n) is 4.66. The van der Waals surface area contributed by atoms with Crippen LogP contribution in [0.1, 0.15) is 11.3 Å². The standard InChI is InChI=1S/C22H18F3N3O3S2/c23-22(24,25)31-16-8-6-15(7-9-16)28-20(30)19-17(10-11-32-19)27-21(28)33-13-18(29)26-12-14-4-2-1-3-5-14/h1-9H,10-13H2,(H,26,29). The number of thioether (sulfide) groups is 2. The number of hydrogen-bond donors (Lipinski definition) is 1. The van der Waals surface area contributed by atoms with Crippen molar-refractivity contribution in [3.63, 3.8) is 0 Å². The van der Waals surface area contributed by atoms with Gasteiger partial charge in [-0.1, -0.05) is 42.1 Å². The maximum absolute atomic E-state index is 13.1. The minimum Gasteiger partial charge on any atom is -0.406 e. The van der Waals surface area contributed by atoms with E-state index in [1.807, 2.05) is 30.3 Å². The number of rotatable bonds is 7. The van der Waals surface area contributed by atoms with Gasteiger partial charge in [0.15, 0.2) is 5.16 Å². The first kappa shape index (κ1) is 23.2. The average Bonchev–Trinajstić information content (AvgIpc) is 3.26. The number of nitrogens with one attached hydrogen (secondary N) is 1. The molecule has 1 aliphatic heterocycles. The van der Waals surface area contributed by atoms with Gasteiger partial charge in [0.2, 0.25) is 5.91 Å². The quantitative estimate of drug-likeness (QED) is 0.393. The van der Waals surface area contributed by atoms with Crippen molar-refractivity contribution in [3.05, 3.63) is 76.2 Å². The van der Waals surface area contributed by atoms with Gasteiger partial charge in [0.25, 0.3) is 5.56 Å². The van der Waals surface area contributed by atoms with E-state index in [-0.39, 0.29) is 17.2 Å². The van der Waals surface area contributed by atoms with Crippen LogP contribution in [0.15, 0.2) is 69.4 Å². The number of carbonyl (C=O) groups excluding carboxylic acids is 1. The van der Waals surface area contributed by atoms with Crippen molar-refractivity contribution in [1.29, 1.82) is 0 Å². The Hall–Kier alpha value is -2.92. The van der Waals surface area contributed by atoms with Crippen LogP contribution in [0.5, 0.6) is 5.75 Å². The molecule has 33 heavy (non-hydrogen) atoms. The summed E-state index contributed by atoms with van der Waals surface area (Å²) in [7, 11) is 0. The van der Waals surface area contributed by atoms with Crippen LogP contribution in [0.4, 0.5) is 13.2 Å². The van der Waals surface area contributed by atoms with Gasteiger partial charge in [-0.25, -0.2) is 4.98 Å². The van der Waals surface area contributed by atoms with Crippen molar-refractivity contribution in [2.24, 2.45) is 0 Å². The number of carbonyl (C=O) groups is 1. The fraction of sp³-hybridized carbons (Fsp3) is 0.227. The van der Waals surface area contributed by atoms with E-state index in [1.54, 1.807) is 0 Å². The molecule has 6 nitrogen and oxygen atoms in total. The molecule has 0 saturated carbocycles. The first-order valence-corrected chi connectivity index (χ1v) is 11.9. The lowest BCUT2D eigenvalue weighted by Gasteiger charge is -2.15. The lowest BCUT2D eigenvalue weighted by Crippen LogP contribution is -2.27. The lowest BCUT2D eigenvalue weighted by molar-refractivity contribution is -0.274. The molecule has 11 heteroatoms. The summed E-state index contributed by atoms with van der Waals surface area (Å²) in [6, 6.07) is 14.4. The van der Waals surface area contributed by atoms with Gasteiger partial charge in [0, 0.05) is 18.7 Å². The Morgan fingerprint density at radius 2 is 1.88 bits per heavy atom. The van der Waals surface area contributed by atoms with Crippen LogP contribution in [0, 0.1) is 0 Å². The number of amides is 1. The van der Waals surface area contributed by atoms with Crippen molar-refractivity contribution in [2.45, 2.75) is 29.4 Å². The lowest BCUT2D eigenvalue weighted by atomic mass is 10.2. The van der Waals surface area contributed by atoms with Crippen LogP contribution in [0.3, 0.4) is 0 Å². The number of benzene rings is 2. The molecule has 1 N–H and O–H groups in total. The molecular weight excluding hydrogens is 475 g/mol. The van der Waals surface area contributed by atoms with Crippen LogP contribution in [0.2, 0.25) is 0 Å². The van der Waals surface area contributed by atoms with E-state index in [0.717, 1.165) is 35.2 Å². The Bertz CT molecular complexity index is 1200. The van der Waals surface area contributed by atoms with E-state index in [9.17, 15) is 22.8 Å². The third kappa shape index (κ3) is 5.91. The number of alkyl halides is 3. The summed E-state index contributed by atoms with van der Waals surface area (Å²) in [6.07, 6.45) is -4.17. The second-order valence-electron chi connectivity index (χ2n) is 7.00. The normalized spacial score (nSPS) is 12.9. The number of aromatic nitrogens is 2. The second kappa shape index (κ2) is 9.92. The molecule has 1 aromatic heterocycles. The van der Waals surface area contributed by atoms with Crippen LogP contribution in [-0.4, -0.2) is 33.3 Å². The second-order valence-corrected chi connectivity index (χ2v) is 9.05. The number of halogens is 3. The molecule has 2 heterocycles. The van der Waals surface area contributed by atoms with Crippen molar-refractivity contribution in [3.8, 4) is 11.4 Å².